The molecule has 1 aliphatic rings. The number of benzene rings is 2. The van der Waals surface area contributed by atoms with Crippen LogP contribution >= 0.6 is 0 Å². The third-order valence-corrected chi connectivity index (χ3v) is 3.67. The van der Waals surface area contributed by atoms with E-state index in [2.05, 4.69) is 10.6 Å². The maximum Gasteiger partial charge on any atom is 0.251 e. The number of hydrogen-bond acceptors (Lipinski definition) is 3. The van der Waals surface area contributed by atoms with Gasteiger partial charge in [-0.05, 0) is 35.9 Å². The summed E-state index contributed by atoms with van der Waals surface area (Å²) >= 11 is 0. The summed E-state index contributed by atoms with van der Waals surface area (Å²) in [6.07, 6.45) is 0.490. The van der Waals surface area contributed by atoms with Gasteiger partial charge < -0.3 is 15.4 Å². The second-order valence-electron chi connectivity index (χ2n) is 5.11. The van der Waals surface area contributed by atoms with Crippen LogP contribution < -0.4 is 15.4 Å². The molecule has 22 heavy (non-hydrogen) atoms. The lowest BCUT2D eigenvalue weighted by Gasteiger charge is -2.25. The van der Waals surface area contributed by atoms with Gasteiger partial charge in [0.25, 0.3) is 5.91 Å². The van der Waals surface area contributed by atoms with Gasteiger partial charge in [0, 0.05) is 17.7 Å². The molecule has 5 heteroatoms. The molecule has 1 unspecified atom stereocenters. The minimum Gasteiger partial charge on any atom is -0.497 e. The Hall–Kier alpha value is -2.82. The van der Waals surface area contributed by atoms with Crippen molar-refractivity contribution in [3.8, 4) is 5.75 Å². The SMILES string of the molecule is COc1ccc(C(=O)NC2Cc3ccccc3NC2=O)cc1. The number of anilines is 1. The molecule has 2 amide bonds. The van der Waals surface area contributed by atoms with Gasteiger partial charge in [-0.1, -0.05) is 18.2 Å². The second kappa shape index (κ2) is 5.89. The van der Waals surface area contributed by atoms with Gasteiger partial charge in [-0.3, -0.25) is 9.59 Å². The summed E-state index contributed by atoms with van der Waals surface area (Å²) in [5.41, 5.74) is 2.32. The average molecular weight is 296 g/mol. The highest BCUT2D eigenvalue weighted by Gasteiger charge is 2.27. The highest BCUT2D eigenvalue weighted by Crippen LogP contribution is 2.22. The van der Waals surface area contributed by atoms with E-state index in [0.29, 0.717) is 17.7 Å². The van der Waals surface area contributed by atoms with E-state index in [1.807, 2.05) is 24.3 Å². The Kier molecular flexibility index (Phi) is 3.78. The van der Waals surface area contributed by atoms with E-state index in [4.69, 9.17) is 4.74 Å². The highest BCUT2D eigenvalue weighted by atomic mass is 16.5. The molecule has 2 aromatic rings. The van der Waals surface area contributed by atoms with Crippen molar-refractivity contribution in [1.29, 1.82) is 0 Å². The molecular weight excluding hydrogens is 280 g/mol. The van der Waals surface area contributed by atoms with E-state index in [0.717, 1.165) is 11.3 Å². The first-order valence-electron chi connectivity index (χ1n) is 7.01. The molecule has 112 valence electrons. The van der Waals surface area contributed by atoms with Crippen LogP contribution in [0, 0.1) is 0 Å². The number of para-hydroxylation sites is 1. The number of ether oxygens (including phenoxy) is 1. The van der Waals surface area contributed by atoms with Crippen LogP contribution in [-0.2, 0) is 11.2 Å². The van der Waals surface area contributed by atoms with Crippen molar-refractivity contribution < 1.29 is 14.3 Å². The Balaban J connectivity index is 1.72. The molecule has 0 saturated carbocycles. The van der Waals surface area contributed by atoms with E-state index in [1.165, 1.54) is 0 Å². The van der Waals surface area contributed by atoms with Crippen molar-refractivity contribution in [2.75, 3.05) is 12.4 Å². The molecule has 0 spiro atoms. The van der Waals surface area contributed by atoms with E-state index in [9.17, 15) is 9.59 Å². The number of nitrogens with one attached hydrogen (secondary N) is 2. The molecule has 0 radical (unpaired) electrons. The van der Waals surface area contributed by atoms with Crippen LogP contribution in [0.5, 0.6) is 5.75 Å². The minimum atomic E-state index is -0.565. The normalized spacial score (nSPS) is 16.4. The van der Waals surface area contributed by atoms with Gasteiger partial charge >= 0.3 is 0 Å². The average Bonchev–Trinajstić information content (AvgIpc) is 2.55. The Morgan fingerprint density at radius 3 is 2.64 bits per heavy atom. The van der Waals surface area contributed by atoms with Crippen molar-refractivity contribution in [3.05, 3.63) is 59.7 Å². The molecule has 1 heterocycles. The monoisotopic (exact) mass is 296 g/mol. The van der Waals surface area contributed by atoms with Gasteiger partial charge in [0.2, 0.25) is 5.91 Å². The summed E-state index contributed by atoms with van der Waals surface area (Å²) in [5.74, 6) is 0.212. The summed E-state index contributed by atoms with van der Waals surface area (Å²) in [6, 6.07) is 13.8. The maximum absolute atomic E-state index is 12.2. The number of carbonyl (C=O) groups is 2. The Bertz CT molecular complexity index is 710. The molecule has 3 rings (SSSR count). The van der Waals surface area contributed by atoms with E-state index in [-0.39, 0.29) is 11.8 Å². The van der Waals surface area contributed by atoms with Crippen molar-refractivity contribution in [1.82, 2.24) is 5.32 Å². The van der Waals surface area contributed by atoms with Gasteiger partial charge in [0.15, 0.2) is 0 Å². The summed E-state index contributed by atoms with van der Waals surface area (Å²) in [5, 5.41) is 5.58. The Morgan fingerprint density at radius 1 is 1.18 bits per heavy atom. The predicted octanol–water partition coefficient (Wildman–Crippen LogP) is 1.99. The van der Waals surface area contributed by atoms with Gasteiger partial charge in [0.05, 0.1) is 7.11 Å². The first-order chi connectivity index (χ1) is 10.7. The molecule has 2 aromatic carbocycles. The molecule has 0 saturated heterocycles. The molecular formula is C17H16N2O3. The Morgan fingerprint density at radius 2 is 1.91 bits per heavy atom. The summed E-state index contributed by atoms with van der Waals surface area (Å²) < 4.78 is 5.06. The summed E-state index contributed by atoms with van der Waals surface area (Å²) in [6.45, 7) is 0. The van der Waals surface area contributed by atoms with Crippen molar-refractivity contribution in [2.24, 2.45) is 0 Å². The summed E-state index contributed by atoms with van der Waals surface area (Å²) in [4.78, 5) is 24.3. The number of methoxy groups -OCH3 is 1. The third-order valence-electron chi connectivity index (χ3n) is 3.67. The van der Waals surface area contributed by atoms with Crippen LogP contribution in [0.2, 0.25) is 0 Å². The van der Waals surface area contributed by atoms with Crippen LogP contribution in [0.4, 0.5) is 5.69 Å². The predicted molar refractivity (Wildman–Crippen MR) is 83.0 cm³/mol. The Labute approximate surface area is 128 Å². The van der Waals surface area contributed by atoms with E-state index in [1.54, 1.807) is 31.4 Å². The van der Waals surface area contributed by atoms with E-state index < -0.39 is 6.04 Å². The molecule has 1 aliphatic heterocycles. The standard InChI is InChI=1S/C17H16N2O3/c1-22-13-8-6-11(7-9-13)16(20)19-15-10-12-4-2-3-5-14(12)18-17(15)21/h2-9,15H,10H2,1H3,(H,18,21)(H,19,20). The first-order valence-corrected chi connectivity index (χ1v) is 7.01. The van der Waals surface area contributed by atoms with Crippen molar-refractivity contribution in [2.45, 2.75) is 12.5 Å². The maximum atomic E-state index is 12.2. The van der Waals surface area contributed by atoms with Gasteiger partial charge in [-0.2, -0.15) is 0 Å². The topological polar surface area (TPSA) is 67.4 Å². The van der Waals surface area contributed by atoms with E-state index >= 15 is 0 Å². The van der Waals surface area contributed by atoms with Crippen molar-refractivity contribution >= 4 is 17.5 Å². The number of rotatable bonds is 3. The largest absolute Gasteiger partial charge is 0.497 e. The molecule has 0 aliphatic carbocycles. The molecule has 1 atom stereocenters. The van der Waals surface area contributed by atoms with Crippen LogP contribution in [0.1, 0.15) is 15.9 Å². The number of fused-ring (bicyclic) bond motifs is 1. The zero-order valence-electron chi connectivity index (χ0n) is 12.1. The fourth-order valence-electron chi connectivity index (χ4n) is 2.45. The number of hydrogen-bond donors (Lipinski definition) is 2. The molecule has 0 aromatic heterocycles. The third kappa shape index (κ3) is 2.79. The zero-order chi connectivity index (χ0) is 15.5. The zero-order valence-corrected chi connectivity index (χ0v) is 12.1. The lowest BCUT2D eigenvalue weighted by molar-refractivity contribution is -0.118. The number of amides is 2. The fraction of sp³-hybridized carbons (Fsp3) is 0.176. The van der Waals surface area contributed by atoms with Gasteiger partial charge in [-0.15, -0.1) is 0 Å². The highest BCUT2D eigenvalue weighted by molar-refractivity contribution is 6.03. The first kappa shape index (κ1) is 14.1. The smallest absolute Gasteiger partial charge is 0.251 e. The second-order valence-corrected chi connectivity index (χ2v) is 5.11. The van der Waals surface area contributed by atoms with Gasteiger partial charge in [0.1, 0.15) is 11.8 Å². The van der Waals surface area contributed by atoms with Crippen LogP contribution in [0.3, 0.4) is 0 Å². The molecule has 2 N–H and O–H groups in total. The van der Waals surface area contributed by atoms with Crippen LogP contribution in [0.25, 0.3) is 0 Å². The fourth-order valence-corrected chi connectivity index (χ4v) is 2.45. The molecule has 0 bridgehead atoms. The lowest BCUT2D eigenvalue weighted by atomic mass is 9.99. The number of carbonyl (C=O) groups excluding carboxylic acids is 2. The van der Waals surface area contributed by atoms with Crippen LogP contribution in [-0.4, -0.2) is 25.0 Å². The quantitative estimate of drug-likeness (QED) is 0.910. The lowest BCUT2D eigenvalue weighted by Crippen LogP contribution is -2.47. The van der Waals surface area contributed by atoms with Crippen molar-refractivity contribution in [3.63, 3.8) is 0 Å². The minimum absolute atomic E-state index is 0.194. The molecule has 0 fully saturated rings. The van der Waals surface area contributed by atoms with Crippen LogP contribution in [0.15, 0.2) is 48.5 Å². The summed E-state index contributed by atoms with van der Waals surface area (Å²) in [7, 11) is 1.57. The molecule has 5 nitrogen and oxygen atoms in total. The van der Waals surface area contributed by atoms with Gasteiger partial charge in [-0.25, -0.2) is 0 Å².